The summed E-state index contributed by atoms with van der Waals surface area (Å²) < 4.78 is 1.93. The highest BCUT2D eigenvalue weighted by molar-refractivity contribution is 5.36. The number of hydrogen-bond acceptors (Lipinski definition) is 2. The second-order valence-corrected chi connectivity index (χ2v) is 5.06. The first kappa shape index (κ1) is 11.5. The number of aromatic nitrogens is 2. The molecule has 1 aromatic heterocycles. The summed E-state index contributed by atoms with van der Waals surface area (Å²) in [5, 5.41) is 8.00. The Hall–Kier alpha value is -0.990. The third-order valence-electron chi connectivity index (χ3n) is 3.89. The van der Waals surface area contributed by atoms with E-state index in [0.29, 0.717) is 6.04 Å². The molecule has 0 aliphatic heterocycles. The molecule has 1 aliphatic carbocycles. The van der Waals surface area contributed by atoms with Gasteiger partial charge in [0.1, 0.15) is 5.82 Å². The average molecular weight is 221 g/mol. The highest BCUT2D eigenvalue weighted by Gasteiger charge is 2.20. The number of hydrogen-bond donors (Lipinski definition) is 1. The fourth-order valence-electron chi connectivity index (χ4n) is 2.56. The second kappa shape index (κ2) is 4.89. The fourth-order valence-corrected chi connectivity index (χ4v) is 2.56. The summed E-state index contributed by atoms with van der Waals surface area (Å²) in [4.78, 5) is 0. The largest absolute Gasteiger partial charge is 0.366 e. The molecule has 3 heteroatoms. The lowest BCUT2D eigenvalue weighted by Gasteiger charge is -2.28. The number of nitrogens with zero attached hydrogens (tertiary/aromatic N) is 2. The number of anilines is 1. The Bertz CT molecular complexity index is 315. The Morgan fingerprint density at radius 1 is 1.38 bits per heavy atom. The van der Waals surface area contributed by atoms with E-state index >= 15 is 0 Å². The van der Waals surface area contributed by atoms with E-state index in [1.807, 2.05) is 11.7 Å². The van der Waals surface area contributed by atoms with Crippen molar-refractivity contribution in [3.8, 4) is 0 Å². The van der Waals surface area contributed by atoms with Gasteiger partial charge >= 0.3 is 0 Å². The van der Waals surface area contributed by atoms with Crippen molar-refractivity contribution >= 4 is 5.82 Å². The highest BCUT2D eigenvalue weighted by atomic mass is 15.3. The molecule has 0 unspecified atom stereocenters. The molecule has 0 spiro atoms. The standard InChI is InChI=1S/C13H23N3/c1-4-11-5-7-12(8-6-11)14-13-9-10(2)16(3)15-13/h9,11-12H,4-8H2,1-3H3,(H,14,15). The van der Waals surface area contributed by atoms with E-state index in [1.54, 1.807) is 0 Å². The Balaban J connectivity index is 1.87. The van der Waals surface area contributed by atoms with Crippen LogP contribution in [0, 0.1) is 12.8 Å². The summed E-state index contributed by atoms with van der Waals surface area (Å²) in [6.45, 7) is 4.40. The molecular formula is C13H23N3. The first-order chi connectivity index (χ1) is 7.69. The van der Waals surface area contributed by atoms with Gasteiger partial charge in [0.15, 0.2) is 0 Å². The van der Waals surface area contributed by atoms with Crippen LogP contribution < -0.4 is 5.32 Å². The SMILES string of the molecule is CCC1CCC(Nc2cc(C)n(C)n2)CC1. The van der Waals surface area contributed by atoms with E-state index < -0.39 is 0 Å². The van der Waals surface area contributed by atoms with Crippen LogP contribution in [0.25, 0.3) is 0 Å². The second-order valence-electron chi connectivity index (χ2n) is 5.06. The maximum atomic E-state index is 4.45. The topological polar surface area (TPSA) is 29.9 Å². The summed E-state index contributed by atoms with van der Waals surface area (Å²) in [7, 11) is 1.99. The highest BCUT2D eigenvalue weighted by Crippen LogP contribution is 2.28. The van der Waals surface area contributed by atoms with Crippen molar-refractivity contribution in [3.05, 3.63) is 11.8 Å². The van der Waals surface area contributed by atoms with Gasteiger partial charge in [-0.15, -0.1) is 0 Å². The van der Waals surface area contributed by atoms with Crippen LogP contribution in [-0.2, 0) is 7.05 Å². The Labute approximate surface area is 98.2 Å². The molecule has 0 aromatic carbocycles. The molecule has 0 saturated heterocycles. The van der Waals surface area contributed by atoms with Crippen molar-refractivity contribution in [1.29, 1.82) is 0 Å². The smallest absolute Gasteiger partial charge is 0.148 e. The van der Waals surface area contributed by atoms with Crippen LogP contribution in [0.2, 0.25) is 0 Å². The van der Waals surface area contributed by atoms with Crippen molar-refractivity contribution in [3.63, 3.8) is 0 Å². The minimum Gasteiger partial charge on any atom is -0.366 e. The lowest BCUT2D eigenvalue weighted by Crippen LogP contribution is -2.26. The molecule has 1 aromatic rings. The molecular weight excluding hydrogens is 198 g/mol. The minimum absolute atomic E-state index is 0.636. The minimum atomic E-state index is 0.636. The molecule has 0 atom stereocenters. The molecule has 0 radical (unpaired) electrons. The number of rotatable bonds is 3. The zero-order chi connectivity index (χ0) is 11.5. The molecule has 16 heavy (non-hydrogen) atoms. The van der Waals surface area contributed by atoms with Crippen LogP contribution >= 0.6 is 0 Å². The summed E-state index contributed by atoms with van der Waals surface area (Å²) in [5.41, 5.74) is 1.21. The maximum Gasteiger partial charge on any atom is 0.148 e. The lowest BCUT2D eigenvalue weighted by molar-refractivity contribution is 0.330. The molecule has 1 heterocycles. The molecule has 0 bridgehead atoms. The van der Waals surface area contributed by atoms with Crippen LogP contribution in [0.5, 0.6) is 0 Å². The fraction of sp³-hybridized carbons (Fsp3) is 0.769. The summed E-state index contributed by atoms with van der Waals surface area (Å²) >= 11 is 0. The van der Waals surface area contributed by atoms with Gasteiger partial charge in [-0.2, -0.15) is 5.10 Å². The van der Waals surface area contributed by atoms with Crippen molar-refractivity contribution in [2.24, 2.45) is 13.0 Å². The molecule has 2 rings (SSSR count). The van der Waals surface area contributed by atoms with Gasteiger partial charge in [0, 0.05) is 24.8 Å². The van der Waals surface area contributed by atoms with E-state index in [0.717, 1.165) is 11.7 Å². The third kappa shape index (κ3) is 2.57. The van der Waals surface area contributed by atoms with Crippen LogP contribution in [0.3, 0.4) is 0 Å². The lowest BCUT2D eigenvalue weighted by atomic mass is 9.84. The monoisotopic (exact) mass is 221 g/mol. The van der Waals surface area contributed by atoms with E-state index in [1.165, 1.54) is 37.8 Å². The van der Waals surface area contributed by atoms with Gasteiger partial charge in [-0.25, -0.2) is 0 Å². The van der Waals surface area contributed by atoms with Crippen molar-refractivity contribution in [2.45, 2.75) is 52.0 Å². The summed E-state index contributed by atoms with van der Waals surface area (Å²) in [5.74, 6) is 2.00. The van der Waals surface area contributed by atoms with Crippen molar-refractivity contribution in [2.75, 3.05) is 5.32 Å². The van der Waals surface area contributed by atoms with Gasteiger partial charge in [-0.3, -0.25) is 4.68 Å². The molecule has 90 valence electrons. The molecule has 1 fully saturated rings. The Morgan fingerprint density at radius 2 is 2.06 bits per heavy atom. The van der Waals surface area contributed by atoms with Crippen LogP contribution in [0.1, 0.15) is 44.7 Å². The maximum absolute atomic E-state index is 4.45. The van der Waals surface area contributed by atoms with E-state index in [4.69, 9.17) is 0 Å². The zero-order valence-electron chi connectivity index (χ0n) is 10.7. The number of aryl methyl sites for hydroxylation is 2. The predicted molar refractivity (Wildman–Crippen MR) is 67.6 cm³/mol. The first-order valence-corrected chi connectivity index (χ1v) is 6.46. The molecule has 1 aliphatic rings. The first-order valence-electron chi connectivity index (χ1n) is 6.46. The Morgan fingerprint density at radius 3 is 2.56 bits per heavy atom. The van der Waals surface area contributed by atoms with Gasteiger partial charge in [-0.1, -0.05) is 13.3 Å². The molecule has 1 saturated carbocycles. The third-order valence-corrected chi connectivity index (χ3v) is 3.89. The van der Waals surface area contributed by atoms with Gasteiger partial charge < -0.3 is 5.32 Å². The van der Waals surface area contributed by atoms with Crippen LogP contribution in [0.15, 0.2) is 6.07 Å². The molecule has 1 N–H and O–H groups in total. The van der Waals surface area contributed by atoms with Gasteiger partial charge in [0.05, 0.1) is 0 Å². The summed E-state index contributed by atoms with van der Waals surface area (Å²) in [6.07, 6.45) is 6.69. The zero-order valence-corrected chi connectivity index (χ0v) is 10.7. The molecule has 3 nitrogen and oxygen atoms in total. The predicted octanol–water partition coefficient (Wildman–Crippen LogP) is 3.11. The summed E-state index contributed by atoms with van der Waals surface area (Å²) in [6, 6.07) is 2.77. The van der Waals surface area contributed by atoms with Gasteiger partial charge in [-0.05, 0) is 38.5 Å². The average Bonchev–Trinajstić information content (AvgIpc) is 2.59. The van der Waals surface area contributed by atoms with E-state index in [2.05, 4.69) is 30.3 Å². The Kier molecular flexibility index (Phi) is 3.52. The van der Waals surface area contributed by atoms with Crippen LogP contribution in [0.4, 0.5) is 5.82 Å². The van der Waals surface area contributed by atoms with Gasteiger partial charge in [0.2, 0.25) is 0 Å². The number of nitrogens with one attached hydrogen (secondary N) is 1. The van der Waals surface area contributed by atoms with Gasteiger partial charge in [0.25, 0.3) is 0 Å². The normalized spacial score (nSPS) is 25.7. The van der Waals surface area contributed by atoms with Crippen molar-refractivity contribution < 1.29 is 0 Å². The van der Waals surface area contributed by atoms with E-state index in [9.17, 15) is 0 Å². The van der Waals surface area contributed by atoms with Crippen molar-refractivity contribution in [1.82, 2.24) is 9.78 Å². The van der Waals surface area contributed by atoms with Crippen LogP contribution in [-0.4, -0.2) is 15.8 Å². The van der Waals surface area contributed by atoms with E-state index in [-0.39, 0.29) is 0 Å². The molecule has 0 amide bonds. The quantitative estimate of drug-likeness (QED) is 0.850.